The van der Waals surface area contributed by atoms with E-state index in [0.29, 0.717) is 17.7 Å². The highest BCUT2D eigenvalue weighted by Crippen LogP contribution is 2.49. The molecule has 0 heterocycles. The van der Waals surface area contributed by atoms with Gasteiger partial charge in [-0.3, -0.25) is 9.59 Å². The molecule has 0 radical (unpaired) electrons. The molecule has 4 aromatic carbocycles. The van der Waals surface area contributed by atoms with Crippen molar-refractivity contribution in [1.82, 2.24) is 0 Å². The van der Waals surface area contributed by atoms with E-state index >= 15 is 0 Å². The molecule has 4 rings (SSSR count). The molecule has 0 bridgehead atoms. The Kier molecular flexibility index (Phi) is 9.07. The summed E-state index contributed by atoms with van der Waals surface area (Å²) in [6.07, 6.45) is -0.114. The standard InChI is InChI=1S/C33H30O6S/c34-29(35)25-13-10-12-24(22-25)23-32(30(36)37,31(38)39)20-11-21-40-33(26-14-4-1-5-15-26,27-16-6-2-7-17-27)28-18-8-3-9-19-28/h1-10,12-19,22H,11,20-21,23H2,(H,34,35)(H,36,37)(H,38,39). The molecule has 0 aliphatic carbocycles. The average molecular weight is 555 g/mol. The van der Waals surface area contributed by atoms with Crippen molar-refractivity contribution in [2.75, 3.05) is 5.75 Å². The van der Waals surface area contributed by atoms with Crippen molar-refractivity contribution in [3.8, 4) is 0 Å². The molecule has 6 nitrogen and oxygen atoms in total. The molecule has 7 heteroatoms. The molecule has 0 saturated heterocycles. The minimum atomic E-state index is -2.09. The summed E-state index contributed by atoms with van der Waals surface area (Å²) in [5, 5.41) is 29.6. The molecule has 0 aliphatic heterocycles. The molecule has 0 aliphatic rings. The summed E-state index contributed by atoms with van der Waals surface area (Å²) in [4.78, 5) is 36.3. The summed E-state index contributed by atoms with van der Waals surface area (Å²) in [6, 6.07) is 36.0. The predicted octanol–water partition coefficient (Wildman–Crippen LogP) is 6.59. The van der Waals surface area contributed by atoms with Crippen molar-refractivity contribution < 1.29 is 29.7 Å². The Morgan fingerprint density at radius 2 is 1.10 bits per heavy atom. The summed E-state index contributed by atoms with van der Waals surface area (Å²) in [6.45, 7) is 0. The van der Waals surface area contributed by atoms with Crippen LogP contribution in [0.1, 0.15) is 45.5 Å². The number of thioether (sulfide) groups is 1. The Balaban J connectivity index is 1.66. The molecule has 204 valence electrons. The number of aliphatic carboxylic acids is 2. The zero-order valence-corrected chi connectivity index (χ0v) is 22.6. The van der Waals surface area contributed by atoms with E-state index in [1.54, 1.807) is 17.8 Å². The minimum Gasteiger partial charge on any atom is -0.480 e. The average Bonchev–Trinajstić information content (AvgIpc) is 2.98. The topological polar surface area (TPSA) is 112 Å². The van der Waals surface area contributed by atoms with Crippen LogP contribution in [0.5, 0.6) is 0 Å². The van der Waals surface area contributed by atoms with Crippen molar-refractivity contribution in [3.63, 3.8) is 0 Å². The van der Waals surface area contributed by atoms with Crippen LogP contribution in [0.4, 0.5) is 0 Å². The Morgan fingerprint density at radius 1 is 0.625 bits per heavy atom. The molecule has 0 atom stereocenters. The fraction of sp³-hybridized carbons (Fsp3) is 0.182. The molecule has 0 amide bonds. The monoisotopic (exact) mass is 554 g/mol. The van der Waals surface area contributed by atoms with Gasteiger partial charge in [0, 0.05) is 0 Å². The first-order chi connectivity index (χ1) is 19.3. The molecular formula is C33H30O6S. The zero-order chi connectivity index (χ0) is 28.6. The van der Waals surface area contributed by atoms with Crippen LogP contribution in [0, 0.1) is 5.41 Å². The molecule has 0 saturated carbocycles. The van der Waals surface area contributed by atoms with Gasteiger partial charge in [-0.1, -0.05) is 103 Å². The van der Waals surface area contributed by atoms with Crippen molar-refractivity contribution >= 4 is 29.7 Å². The van der Waals surface area contributed by atoms with Gasteiger partial charge in [-0.25, -0.2) is 4.79 Å². The Hall–Kier alpha value is -4.36. The number of carbonyl (C=O) groups is 3. The normalized spacial score (nSPS) is 11.6. The van der Waals surface area contributed by atoms with E-state index in [1.807, 2.05) is 54.6 Å². The van der Waals surface area contributed by atoms with Gasteiger partial charge in [0.2, 0.25) is 0 Å². The number of rotatable bonds is 13. The molecule has 0 fully saturated rings. The van der Waals surface area contributed by atoms with Crippen molar-refractivity contribution in [3.05, 3.63) is 143 Å². The summed E-state index contributed by atoms with van der Waals surface area (Å²) < 4.78 is -0.602. The molecule has 0 aromatic heterocycles. The Morgan fingerprint density at radius 3 is 1.52 bits per heavy atom. The van der Waals surface area contributed by atoms with Gasteiger partial charge in [0.15, 0.2) is 5.41 Å². The van der Waals surface area contributed by atoms with Gasteiger partial charge in [0.1, 0.15) is 0 Å². The van der Waals surface area contributed by atoms with Gasteiger partial charge in [0.25, 0.3) is 0 Å². The lowest BCUT2D eigenvalue weighted by molar-refractivity contribution is -0.165. The fourth-order valence-electron chi connectivity index (χ4n) is 5.08. The van der Waals surface area contributed by atoms with E-state index in [-0.39, 0.29) is 18.4 Å². The van der Waals surface area contributed by atoms with Gasteiger partial charge < -0.3 is 15.3 Å². The van der Waals surface area contributed by atoms with Crippen LogP contribution >= 0.6 is 11.8 Å². The fourth-order valence-corrected chi connectivity index (χ4v) is 6.58. The second kappa shape index (κ2) is 12.7. The van der Waals surface area contributed by atoms with Gasteiger partial charge >= 0.3 is 17.9 Å². The highest BCUT2D eigenvalue weighted by atomic mass is 32.2. The summed E-state index contributed by atoms with van der Waals surface area (Å²) in [7, 11) is 0. The quantitative estimate of drug-likeness (QED) is 0.0971. The highest BCUT2D eigenvalue weighted by Gasteiger charge is 2.46. The van der Waals surface area contributed by atoms with E-state index in [9.17, 15) is 29.7 Å². The largest absolute Gasteiger partial charge is 0.480 e. The molecule has 40 heavy (non-hydrogen) atoms. The third-order valence-electron chi connectivity index (χ3n) is 7.11. The van der Waals surface area contributed by atoms with Crippen LogP contribution in [0.15, 0.2) is 115 Å². The van der Waals surface area contributed by atoms with Crippen LogP contribution in [0.25, 0.3) is 0 Å². The third kappa shape index (κ3) is 5.95. The van der Waals surface area contributed by atoms with Gasteiger partial charge in [0.05, 0.1) is 10.3 Å². The number of hydrogen-bond acceptors (Lipinski definition) is 4. The Bertz CT molecular complexity index is 1340. The van der Waals surface area contributed by atoms with E-state index in [0.717, 1.165) is 16.7 Å². The number of aromatic carboxylic acids is 1. The number of hydrogen-bond donors (Lipinski definition) is 3. The first-order valence-electron chi connectivity index (χ1n) is 12.9. The van der Waals surface area contributed by atoms with Gasteiger partial charge in [-0.05, 0) is 59.4 Å². The lowest BCUT2D eigenvalue weighted by atomic mass is 9.77. The molecule has 4 aromatic rings. The van der Waals surface area contributed by atoms with E-state index in [2.05, 4.69) is 36.4 Å². The van der Waals surface area contributed by atoms with Crippen LogP contribution in [-0.4, -0.2) is 39.0 Å². The highest BCUT2D eigenvalue weighted by molar-refractivity contribution is 8.00. The number of carboxylic acid groups (broad SMARTS) is 3. The maximum atomic E-state index is 12.4. The van der Waals surface area contributed by atoms with E-state index < -0.39 is 28.1 Å². The van der Waals surface area contributed by atoms with Crippen LogP contribution < -0.4 is 0 Å². The van der Waals surface area contributed by atoms with Crippen LogP contribution in [0.2, 0.25) is 0 Å². The van der Waals surface area contributed by atoms with Crippen molar-refractivity contribution in [2.45, 2.75) is 24.0 Å². The summed E-state index contributed by atoms with van der Waals surface area (Å²) >= 11 is 1.64. The first kappa shape index (κ1) is 28.6. The van der Waals surface area contributed by atoms with Gasteiger partial charge in [-0.2, -0.15) is 0 Å². The third-order valence-corrected chi connectivity index (χ3v) is 8.74. The van der Waals surface area contributed by atoms with Crippen molar-refractivity contribution in [1.29, 1.82) is 0 Å². The first-order valence-corrected chi connectivity index (χ1v) is 13.9. The summed E-state index contributed by atoms with van der Waals surface area (Å²) in [5.74, 6) is -3.55. The number of carboxylic acids is 3. The maximum absolute atomic E-state index is 12.4. The molecule has 0 spiro atoms. The van der Waals surface area contributed by atoms with Gasteiger partial charge in [-0.15, -0.1) is 11.8 Å². The summed E-state index contributed by atoms with van der Waals surface area (Å²) in [5.41, 5.74) is 1.43. The smallest absolute Gasteiger partial charge is 0.335 e. The van der Waals surface area contributed by atoms with E-state index in [4.69, 9.17) is 0 Å². The van der Waals surface area contributed by atoms with Crippen LogP contribution in [0.3, 0.4) is 0 Å². The molecule has 0 unspecified atom stereocenters. The molecular weight excluding hydrogens is 524 g/mol. The SMILES string of the molecule is O=C(O)c1cccc(CC(CCCSC(c2ccccc2)(c2ccccc2)c2ccccc2)(C(=O)O)C(=O)O)c1. The molecule has 3 N–H and O–H groups in total. The maximum Gasteiger partial charge on any atom is 0.335 e. The van der Waals surface area contributed by atoms with E-state index in [1.165, 1.54) is 18.2 Å². The van der Waals surface area contributed by atoms with Crippen LogP contribution in [-0.2, 0) is 20.8 Å². The lowest BCUT2D eigenvalue weighted by Gasteiger charge is -2.36. The minimum absolute atomic E-state index is 0.0175. The second-order valence-corrected chi connectivity index (χ2v) is 10.9. The predicted molar refractivity (Wildman–Crippen MR) is 156 cm³/mol. The van der Waals surface area contributed by atoms with Crippen molar-refractivity contribution in [2.24, 2.45) is 5.41 Å². The second-order valence-electron chi connectivity index (χ2n) is 9.61. The zero-order valence-electron chi connectivity index (χ0n) is 21.8. The lowest BCUT2D eigenvalue weighted by Crippen LogP contribution is -2.41. The number of benzene rings is 4. The Labute approximate surface area is 237 Å².